The van der Waals surface area contributed by atoms with Crippen molar-refractivity contribution >= 4 is 38.8 Å². The molecule has 2 bridgehead atoms. The van der Waals surface area contributed by atoms with E-state index in [0.29, 0.717) is 49.9 Å². The van der Waals surface area contributed by atoms with Crippen LogP contribution in [0.2, 0.25) is 5.02 Å². The van der Waals surface area contributed by atoms with Crippen molar-refractivity contribution in [2.24, 2.45) is 28.0 Å². The van der Waals surface area contributed by atoms with Crippen molar-refractivity contribution in [1.82, 2.24) is 4.90 Å². The van der Waals surface area contributed by atoms with Crippen LogP contribution < -0.4 is 9.64 Å². The van der Waals surface area contributed by atoms with Crippen LogP contribution in [0.15, 0.2) is 52.9 Å². The number of amides is 2. The molecule has 0 aromatic heterocycles. The Morgan fingerprint density at radius 3 is 2.69 bits per heavy atom. The van der Waals surface area contributed by atoms with Gasteiger partial charge in [-0.3, -0.25) is 9.59 Å². The number of nitrogens with zero attached hydrogens (tertiary/aromatic N) is 3. The lowest BCUT2D eigenvalue weighted by Gasteiger charge is -2.42. The van der Waals surface area contributed by atoms with Gasteiger partial charge in [-0.25, -0.2) is 4.21 Å². The normalized spacial score (nSPS) is 31.6. The summed E-state index contributed by atoms with van der Waals surface area (Å²) in [6.07, 6.45) is 8.75. The average Bonchev–Trinajstić information content (AvgIpc) is 3.18. The number of carbonyl (C=O) groups excluding carboxylic acids is 2. The molecule has 3 heterocycles. The predicted octanol–water partition coefficient (Wildman–Crippen LogP) is 7.17. The third-order valence-electron chi connectivity index (χ3n) is 11.4. The van der Waals surface area contributed by atoms with Crippen molar-refractivity contribution in [2.45, 2.75) is 71.3 Å². The van der Waals surface area contributed by atoms with Crippen LogP contribution in [0.1, 0.15) is 74.9 Å². The van der Waals surface area contributed by atoms with Gasteiger partial charge in [-0.1, -0.05) is 57.5 Å². The Labute approximate surface area is 297 Å². The second-order valence-electron chi connectivity index (χ2n) is 15.1. The zero-order chi connectivity index (χ0) is 34.9. The maximum atomic E-state index is 14.5. The van der Waals surface area contributed by atoms with Gasteiger partial charge in [-0.2, -0.15) is 4.36 Å². The van der Waals surface area contributed by atoms with Crippen molar-refractivity contribution in [3.63, 3.8) is 0 Å². The van der Waals surface area contributed by atoms with Crippen molar-refractivity contribution in [3.05, 3.63) is 70.3 Å². The fraction of sp³-hybridized carbons (Fsp3) is 0.590. The van der Waals surface area contributed by atoms with Gasteiger partial charge in [0.1, 0.15) is 11.5 Å². The van der Waals surface area contributed by atoms with Gasteiger partial charge < -0.3 is 19.3 Å². The number of allylic oxidation sites excluding steroid dienone is 1. The van der Waals surface area contributed by atoms with E-state index in [9.17, 15) is 13.8 Å². The summed E-state index contributed by atoms with van der Waals surface area (Å²) in [4.78, 5) is 31.4. The number of likely N-dealkylation sites (tertiary alicyclic amines) is 1. The zero-order valence-electron chi connectivity index (χ0n) is 29.7. The fourth-order valence-corrected chi connectivity index (χ4v) is 10.6. The first kappa shape index (κ1) is 35.9. The summed E-state index contributed by atoms with van der Waals surface area (Å²) in [5.41, 5.74) is 3.47. The molecule has 1 aliphatic carbocycles. The maximum Gasteiger partial charge on any atom is 0.285 e. The predicted molar refractivity (Wildman–Crippen MR) is 197 cm³/mol. The summed E-state index contributed by atoms with van der Waals surface area (Å²) in [5.74, 6) is 0.741. The molecule has 6 atom stereocenters. The van der Waals surface area contributed by atoms with E-state index in [1.807, 2.05) is 25.1 Å². The number of benzene rings is 2. The third-order valence-corrected chi connectivity index (χ3v) is 13.9. The third kappa shape index (κ3) is 7.74. The molecular formula is C39H52ClN3O5S. The molecule has 6 rings (SSSR count). The number of halogens is 1. The van der Waals surface area contributed by atoms with Crippen LogP contribution in [0.5, 0.6) is 5.75 Å². The molecule has 49 heavy (non-hydrogen) atoms. The molecule has 0 unspecified atom stereocenters. The smallest absolute Gasteiger partial charge is 0.285 e. The highest BCUT2D eigenvalue weighted by Gasteiger charge is 2.42. The van der Waals surface area contributed by atoms with Crippen LogP contribution >= 0.6 is 11.6 Å². The zero-order valence-corrected chi connectivity index (χ0v) is 31.2. The minimum atomic E-state index is -3.19. The highest BCUT2D eigenvalue weighted by atomic mass is 35.5. The minimum absolute atomic E-state index is 0.0496. The molecule has 1 saturated heterocycles. The van der Waals surface area contributed by atoms with Gasteiger partial charge in [0.25, 0.3) is 5.91 Å². The van der Waals surface area contributed by atoms with Crippen molar-refractivity contribution in [2.75, 3.05) is 56.3 Å². The standard InChI is InChI=1S/C39H52ClN3O5S/c1-6-29-20-42(21-29)37(44)23-49(46)22-26(2)9-7-11-35(47-5)28(4)27(3)19-43-24-39(16-8-10-30-17-32(40)13-14-33(30)39)25-48-36-15-12-31(18-34(36)43)38(45)41-49/h7,11-15,17-18,26-29,35H,6,8-10,16,19-25H2,1-5H3/b11-7+/t26-,27-,28+,35-,39-,49+/m0/s1. The fourth-order valence-electron chi connectivity index (χ4n) is 8.16. The van der Waals surface area contributed by atoms with E-state index in [4.69, 9.17) is 21.1 Å². The number of hydrogen-bond acceptors (Lipinski definition) is 6. The van der Waals surface area contributed by atoms with E-state index < -0.39 is 15.6 Å². The summed E-state index contributed by atoms with van der Waals surface area (Å²) >= 11 is 6.45. The highest BCUT2D eigenvalue weighted by molar-refractivity contribution is 7.94. The molecule has 4 aliphatic rings. The van der Waals surface area contributed by atoms with E-state index in [2.05, 4.69) is 54.3 Å². The molecule has 0 saturated carbocycles. The van der Waals surface area contributed by atoms with Crippen LogP contribution in [0.4, 0.5) is 5.69 Å². The Morgan fingerprint density at radius 2 is 1.94 bits per heavy atom. The average molecular weight is 710 g/mol. The van der Waals surface area contributed by atoms with Crippen LogP contribution in [0, 0.1) is 23.7 Å². The molecular weight excluding hydrogens is 658 g/mol. The lowest BCUT2D eigenvalue weighted by atomic mass is 9.70. The molecule has 10 heteroatoms. The molecule has 2 aromatic carbocycles. The second-order valence-corrected chi connectivity index (χ2v) is 17.9. The number of fused-ring (bicyclic) bond motifs is 3. The Balaban J connectivity index is 1.41. The number of ether oxygens (including phenoxy) is 2. The lowest BCUT2D eigenvalue weighted by molar-refractivity contribution is -0.134. The van der Waals surface area contributed by atoms with Crippen LogP contribution in [0.25, 0.3) is 0 Å². The van der Waals surface area contributed by atoms with Gasteiger partial charge in [0.15, 0.2) is 0 Å². The first-order valence-corrected chi connectivity index (χ1v) is 20.2. The molecule has 0 radical (unpaired) electrons. The Kier molecular flexibility index (Phi) is 10.8. The number of methoxy groups -OCH3 is 1. The lowest BCUT2D eigenvalue weighted by Crippen LogP contribution is -2.51. The molecule has 2 amide bonds. The van der Waals surface area contributed by atoms with Gasteiger partial charge in [0.05, 0.1) is 28.1 Å². The van der Waals surface area contributed by atoms with Crippen molar-refractivity contribution in [3.8, 4) is 5.75 Å². The number of hydrogen-bond donors (Lipinski definition) is 0. The summed E-state index contributed by atoms with van der Waals surface area (Å²) in [6, 6.07) is 11.7. The topological polar surface area (TPSA) is 88.5 Å². The van der Waals surface area contributed by atoms with E-state index in [1.165, 1.54) is 11.1 Å². The molecule has 8 nitrogen and oxygen atoms in total. The highest BCUT2D eigenvalue weighted by Crippen LogP contribution is 2.45. The van der Waals surface area contributed by atoms with Gasteiger partial charge in [-0.05, 0) is 97.2 Å². The second kappa shape index (κ2) is 14.8. The monoisotopic (exact) mass is 709 g/mol. The Hall–Kier alpha value is -2.88. The largest absolute Gasteiger partial charge is 0.490 e. The van der Waals surface area contributed by atoms with Gasteiger partial charge >= 0.3 is 0 Å². The molecule has 2 aromatic rings. The van der Waals surface area contributed by atoms with Crippen molar-refractivity contribution < 1.29 is 23.3 Å². The number of carbonyl (C=O) groups is 2. The van der Waals surface area contributed by atoms with Gasteiger partial charge in [0.2, 0.25) is 5.91 Å². The number of rotatable bonds is 4. The van der Waals surface area contributed by atoms with Crippen molar-refractivity contribution in [1.29, 1.82) is 0 Å². The number of aryl methyl sites for hydroxylation is 1. The quantitative estimate of drug-likeness (QED) is 0.313. The molecule has 266 valence electrons. The molecule has 1 fully saturated rings. The van der Waals surface area contributed by atoms with Gasteiger partial charge in [-0.15, -0.1) is 0 Å². The SMILES string of the molecule is CCC1CN(C(=O)C[S@@]2(=O)=NC(=O)c3ccc4c(c3)N(C[C@H](C)[C@@H](C)[C@@H](OC)/C=C/C[C@H](C)C2)C[C@@]2(CCCc3cc(Cl)ccc32)CO4)C1. The molecule has 1 spiro atoms. The molecule has 0 N–H and O–H groups in total. The van der Waals surface area contributed by atoms with E-state index >= 15 is 0 Å². The maximum absolute atomic E-state index is 14.5. The van der Waals surface area contributed by atoms with Gasteiger partial charge in [0, 0.05) is 55.0 Å². The summed E-state index contributed by atoms with van der Waals surface area (Å²) in [5, 5.41) is 0.745. The summed E-state index contributed by atoms with van der Waals surface area (Å²) in [7, 11) is -1.43. The summed E-state index contributed by atoms with van der Waals surface area (Å²) in [6.45, 7) is 11.9. The summed E-state index contributed by atoms with van der Waals surface area (Å²) < 4.78 is 31.6. The first-order valence-electron chi connectivity index (χ1n) is 18.0. The molecule has 3 aliphatic heterocycles. The first-order chi connectivity index (χ1) is 23.4. The van der Waals surface area contributed by atoms with Crippen LogP contribution in [-0.2, 0) is 31.1 Å². The van der Waals surface area contributed by atoms with E-state index in [-0.39, 0.29) is 46.7 Å². The van der Waals surface area contributed by atoms with Crippen LogP contribution in [-0.4, -0.2) is 78.4 Å². The minimum Gasteiger partial charge on any atom is -0.490 e. The van der Waals surface area contributed by atoms with E-state index in [0.717, 1.165) is 42.9 Å². The Bertz CT molecular complexity index is 1710. The van der Waals surface area contributed by atoms with Crippen LogP contribution in [0.3, 0.4) is 0 Å². The Morgan fingerprint density at radius 1 is 1.14 bits per heavy atom. The number of anilines is 1. The van der Waals surface area contributed by atoms with E-state index in [1.54, 1.807) is 18.1 Å².